The van der Waals surface area contributed by atoms with Crippen LogP contribution in [0.3, 0.4) is 0 Å². The molecule has 0 atom stereocenters. The Morgan fingerprint density at radius 2 is 1.10 bits per heavy atom. The maximum atomic E-state index is 13.8. The van der Waals surface area contributed by atoms with Gasteiger partial charge in [0.25, 0.3) is 17.7 Å². The van der Waals surface area contributed by atoms with Crippen LogP contribution in [-0.4, -0.2) is 167 Å². The number of imidazole rings is 1. The number of carbonyl (C=O) groups is 9. The van der Waals surface area contributed by atoms with Crippen molar-refractivity contribution in [2.75, 3.05) is 66.0 Å². The van der Waals surface area contributed by atoms with E-state index in [1.165, 1.54) is 18.2 Å². The number of amides is 6. The van der Waals surface area contributed by atoms with Crippen LogP contribution >= 0.6 is 47.8 Å². The molecule has 5 aromatic heterocycles. The predicted molar refractivity (Wildman–Crippen MR) is 400 cm³/mol. The van der Waals surface area contributed by atoms with Gasteiger partial charge in [0.1, 0.15) is 5.75 Å². The molecule has 4 aromatic carbocycles. The highest BCUT2D eigenvalue weighted by atomic mass is 79.9. The zero-order chi connectivity index (χ0) is 72.3. The van der Waals surface area contributed by atoms with E-state index < -0.39 is 0 Å². The molecule has 9 heterocycles. The number of fused-ring (bicyclic) bond motifs is 4. The molecule has 0 aliphatic carbocycles. The topological polar surface area (TPSA) is 256 Å². The van der Waals surface area contributed by atoms with Gasteiger partial charge in [0.2, 0.25) is 17.7 Å². The van der Waals surface area contributed by atoms with Crippen molar-refractivity contribution in [2.24, 2.45) is 17.8 Å². The maximum Gasteiger partial charge on any atom is 0.256 e. The summed E-state index contributed by atoms with van der Waals surface area (Å²) in [7, 11) is 1.67. The zero-order valence-electron chi connectivity index (χ0n) is 56.8. The highest BCUT2D eigenvalue weighted by Gasteiger charge is 2.35. The van der Waals surface area contributed by atoms with Gasteiger partial charge in [-0.15, -0.1) is 0 Å². The van der Waals surface area contributed by atoms with E-state index in [4.69, 9.17) is 4.74 Å². The Morgan fingerprint density at radius 1 is 0.588 bits per heavy atom. The van der Waals surface area contributed by atoms with E-state index in [0.29, 0.717) is 114 Å². The molecule has 0 saturated carbocycles. The number of rotatable bonds is 25. The van der Waals surface area contributed by atoms with Crippen LogP contribution in [0.1, 0.15) is 78.4 Å². The Labute approximate surface area is 615 Å². The number of H-pyrrole nitrogens is 1. The number of benzene rings is 4. The molecular formula is C77H79Br3N12O10. The van der Waals surface area contributed by atoms with Gasteiger partial charge in [-0.05, 0) is 109 Å². The minimum absolute atomic E-state index is 0.0419. The van der Waals surface area contributed by atoms with E-state index in [1.807, 2.05) is 117 Å². The summed E-state index contributed by atoms with van der Waals surface area (Å²) in [5, 5.41) is 8.32. The third-order valence-electron chi connectivity index (χ3n) is 18.8. The fourth-order valence-electron chi connectivity index (χ4n) is 13.7. The number of ether oxygens (including phenoxy) is 1. The molecule has 102 heavy (non-hydrogen) atoms. The lowest BCUT2D eigenvalue weighted by molar-refractivity contribution is -0.134. The van der Waals surface area contributed by atoms with Gasteiger partial charge in [0.05, 0.1) is 55.3 Å². The van der Waals surface area contributed by atoms with Crippen LogP contribution in [0.2, 0.25) is 0 Å². The first kappa shape index (κ1) is 73.4. The molecule has 25 heteroatoms. The number of Topliss-reactive ketones (excluding diaryl/α,β-unsaturated/α-hetero) is 3. The van der Waals surface area contributed by atoms with E-state index in [1.54, 1.807) is 52.9 Å². The van der Waals surface area contributed by atoms with Crippen molar-refractivity contribution in [1.29, 1.82) is 0 Å². The molecule has 3 fully saturated rings. The van der Waals surface area contributed by atoms with Gasteiger partial charge in [-0.2, -0.15) is 0 Å². The average Bonchev–Trinajstić information content (AvgIpc) is 1.60. The number of nitrogens with one attached hydrogen (secondary N) is 3. The first-order chi connectivity index (χ1) is 49.2. The largest absolute Gasteiger partial charge is 0.496 e. The first-order valence-electron chi connectivity index (χ1n) is 33.7. The Hall–Kier alpha value is -9.85. The lowest BCUT2D eigenvalue weighted by Gasteiger charge is -2.38. The molecule has 6 amide bonds. The Balaban J connectivity index is 0.000000154. The number of nitrogens with zero attached hydrogens (tertiary/aromatic N) is 9. The number of carbonyl (C=O) groups excluding carboxylic acids is 9. The summed E-state index contributed by atoms with van der Waals surface area (Å²) in [6, 6.07) is 27.0. The quantitative estimate of drug-likeness (QED) is 0.0452. The smallest absolute Gasteiger partial charge is 0.256 e. The molecule has 0 radical (unpaired) electrons. The molecule has 3 N–H and O–H groups in total. The van der Waals surface area contributed by atoms with Gasteiger partial charge in [-0.25, -0.2) is 4.98 Å². The number of aromatic nitrogens is 6. The summed E-state index contributed by atoms with van der Waals surface area (Å²) < 4.78 is 13.7. The number of halogens is 3. The zero-order valence-corrected chi connectivity index (χ0v) is 61.6. The van der Waals surface area contributed by atoms with Crippen molar-refractivity contribution in [3.8, 4) is 5.75 Å². The molecule has 13 rings (SSSR count). The fraction of sp³-hybridized carbons (Fsp3) is 0.312. The summed E-state index contributed by atoms with van der Waals surface area (Å²) in [4.78, 5) is 131. The number of hydrogen-bond donors (Lipinski definition) is 3. The molecule has 9 aromatic rings. The molecule has 3 saturated heterocycles. The number of methoxy groups -OCH3 is 1. The Bertz CT molecular complexity index is 4710. The van der Waals surface area contributed by atoms with Crippen LogP contribution in [0.25, 0.3) is 32.7 Å². The monoisotopic (exact) mass is 1570 g/mol. The van der Waals surface area contributed by atoms with E-state index >= 15 is 0 Å². The number of aromatic amines is 1. The number of aryl methyl sites for hydroxylation is 1. The SMILES string of the molecule is C=CC(=O)N1CC(CC(=O)Cn2cc(C(=O)N3CCc4c(cccc4OC)C3)c3cc(Br)cc(C)c32)C1.C=CC(=O)N1CC(CC(=O)Cn2cc(C(=O)NCCc3ccccn3)c3cc(Br)ccc32)C1.C=CC(=O)N1CC(CC(=O)Cn2cc(C(=O)NCCc3cnc[nH]3)c3cc(Br)ccc32)C1. The molecule has 4 aliphatic rings. The fourth-order valence-corrected chi connectivity index (χ4v) is 15.0. The van der Waals surface area contributed by atoms with Crippen LogP contribution in [0.4, 0.5) is 0 Å². The van der Waals surface area contributed by atoms with Gasteiger partial charge < -0.3 is 53.7 Å². The summed E-state index contributed by atoms with van der Waals surface area (Å²) in [6.07, 6.45) is 17.5. The minimum Gasteiger partial charge on any atom is -0.496 e. The van der Waals surface area contributed by atoms with Gasteiger partial charge in [0, 0.05) is 204 Å². The summed E-state index contributed by atoms with van der Waals surface area (Å²) in [5.41, 5.74) is 9.35. The number of ketones is 3. The van der Waals surface area contributed by atoms with Gasteiger partial charge in [-0.3, -0.25) is 48.1 Å². The van der Waals surface area contributed by atoms with Crippen molar-refractivity contribution in [1.82, 2.24) is 58.9 Å². The molecule has 528 valence electrons. The molecule has 4 aliphatic heterocycles. The lowest BCUT2D eigenvalue weighted by atomic mass is 9.94. The Kier molecular flexibility index (Phi) is 24.0. The van der Waals surface area contributed by atoms with Crippen molar-refractivity contribution in [2.45, 2.75) is 71.6 Å². The summed E-state index contributed by atoms with van der Waals surface area (Å²) in [5.74, 6) is 0.921. The third-order valence-corrected chi connectivity index (χ3v) is 20.3. The maximum absolute atomic E-state index is 13.8. The normalized spacial score (nSPS) is 14.2. The lowest BCUT2D eigenvalue weighted by Crippen LogP contribution is -2.50. The van der Waals surface area contributed by atoms with Crippen LogP contribution in [0.5, 0.6) is 5.75 Å². The highest BCUT2D eigenvalue weighted by molar-refractivity contribution is 9.11. The second-order valence-electron chi connectivity index (χ2n) is 26.1. The van der Waals surface area contributed by atoms with E-state index in [9.17, 15) is 43.2 Å². The standard InChI is InChI=1S/C29H30BrN3O4.C25H25BrN4O3.C23H24BrN5O3/c1-4-27(35)32-13-19(14-32)11-22(34)16-33-17-25(24-12-21(30)10-18(2)28(24)33)29(36)31-9-8-23-20(15-31)6-5-7-26(23)37-3;1-2-24(32)30-13-17(14-30)11-20(31)15-29-16-22(21-12-18(26)6-7-23(21)29)25(33)28-10-8-19-5-3-4-9-27-19;1-2-22(31)29-10-15(11-29)7-18(30)12-28-13-20(19-8-16(24)3-4-21(19)28)23(32)26-6-5-17-9-25-14-27-17/h4-7,10,12,17,19H,1,8-9,11,13-16H2,2-3H3;2-7,9,12,16-17H,1,8,10-11,13-15H2,(H,28,33);2-4,8-9,13-15H,1,5-7,10-12H2,(H,25,27)(H,26,32). The predicted octanol–water partition coefficient (Wildman–Crippen LogP) is 10.6. The Morgan fingerprint density at radius 3 is 1.59 bits per heavy atom. The molecule has 0 unspecified atom stereocenters. The summed E-state index contributed by atoms with van der Waals surface area (Å²) in [6.45, 7) is 18.6. The third kappa shape index (κ3) is 17.5. The molecule has 0 spiro atoms. The number of pyridine rings is 1. The second-order valence-corrected chi connectivity index (χ2v) is 28.9. The molecule has 0 bridgehead atoms. The molecule has 22 nitrogen and oxygen atoms in total. The van der Waals surface area contributed by atoms with Gasteiger partial charge in [-0.1, -0.05) is 85.7 Å². The van der Waals surface area contributed by atoms with E-state index in [-0.39, 0.29) is 90.2 Å². The van der Waals surface area contributed by atoms with Crippen LogP contribution < -0.4 is 15.4 Å². The van der Waals surface area contributed by atoms with Crippen molar-refractivity contribution in [3.63, 3.8) is 0 Å². The highest BCUT2D eigenvalue weighted by Crippen LogP contribution is 2.35. The second kappa shape index (κ2) is 33.3. The van der Waals surface area contributed by atoms with Crippen molar-refractivity contribution >= 4 is 133 Å². The number of likely N-dealkylation sites (tertiary alicyclic amines) is 3. The summed E-state index contributed by atoms with van der Waals surface area (Å²) >= 11 is 10.5. The van der Waals surface area contributed by atoms with Gasteiger partial charge >= 0.3 is 0 Å². The van der Waals surface area contributed by atoms with Crippen molar-refractivity contribution < 1.29 is 47.9 Å². The van der Waals surface area contributed by atoms with Crippen LogP contribution in [0, 0.1) is 24.7 Å². The van der Waals surface area contributed by atoms with Gasteiger partial charge in [0.15, 0.2) is 17.3 Å². The van der Waals surface area contributed by atoms with E-state index in [0.717, 1.165) is 86.4 Å². The van der Waals surface area contributed by atoms with Crippen LogP contribution in [0.15, 0.2) is 174 Å². The number of hydrogen-bond acceptors (Lipinski definition) is 12. The first-order valence-corrected chi connectivity index (χ1v) is 36.1. The average molecular weight is 1570 g/mol. The van der Waals surface area contributed by atoms with Crippen LogP contribution in [-0.2, 0) is 74.2 Å². The molecular weight excluding hydrogens is 1490 g/mol. The van der Waals surface area contributed by atoms with E-state index in [2.05, 4.69) is 93.1 Å². The minimum atomic E-state index is -0.184. The van der Waals surface area contributed by atoms with Crippen molar-refractivity contribution in [3.05, 3.63) is 218 Å².